The summed E-state index contributed by atoms with van der Waals surface area (Å²) >= 11 is 0. The topological polar surface area (TPSA) is 37.3 Å². The summed E-state index contributed by atoms with van der Waals surface area (Å²) in [6.45, 7) is 5.85. The first kappa shape index (κ1) is 14.0. The van der Waals surface area contributed by atoms with E-state index in [1.807, 2.05) is 19.1 Å². The largest absolute Gasteiger partial charge is 0.478 e. The molecule has 0 aromatic heterocycles. The van der Waals surface area contributed by atoms with Crippen LogP contribution in [-0.4, -0.2) is 11.1 Å². The number of carboxylic acid groups (broad SMARTS) is 1. The molecule has 1 aromatic rings. The number of carboxylic acids is 1. The summed E-state index contributed by atoms with van der Waals surface area (Å²) in [5.74, 6) is -0.920. The minimum Gasteiger partial charge on any atom is -0.478 e. The van der Waals surface area contributed by atoms with Crippen molar-refractivity contribution >= 4 is 11.5 Å². The van der Waals surface area contributed by atoms with Crippen LogP contribution >= 0.6 is 0 Å². The highest BCUT2D eigenvalue weighted by molar-refractivity contribution is 5.81. The Hall–Kier alpha value is -2.09. The molecule has 0 unspecified atom stereocenters. The number of hydrogen-bond donors (Lipinski definition) is 1. The molecule has 0 saturated carbocycles. The molecule has 0 aliphatic heterocycles. The van der Waals surface area contributed by atoms with Gasteiger partial charge in [0.25, 0.3) is 0 Å². The van der Waals surface area contributed by atoms with E-state index in [9.17, 15) is 4.79 Å². The molecule has 0 bridgehead atoms. The van der Waals surface area contributed by atoms with Crippen LogP contribution in [0.2, 0.25) is 0 Å². The third kappa shape index (κ3) is 4.83. The van der Waals surface area contributed by atoms with Gasteiger partial charge in [-0.3, -0.25) is 0 Å². The van der Waals surface area contributed by atoms with Crippen LogP contribution in [0.5, 0.6) is 0 Å². The summed E-state index contributed by atoms with van der Waals surface area (Å²) < 4.78 is 0. The van der Waals surface area contributed by atoms with Gasteiger partial charge in [0, 0.05) is 6.08 Å². The van der Waals surface area contributed by atoms with E-state index in [1.54, 1.807) is 13.0 Å². The first-order chi connectivity index (χ1) is 8.49. The summed E-state index contributed by atoms with van der Waals surface area (Å²) in [7, 11) is 0. The van der Waals surface area contributed by atoms with Gasteiger partial charge in [-0.05, 0) is 37.5 Å². The van der Waals surface area contributed by atoms with Gasteiger partial charge in [0.05, 0.1) is 0 Å². The van der Waals surface area contributed by atoms with Crippen LogP contribution < -0.4 is 0 Å². The van der Waals surface area contributed by atoms with Crippen molar-refractivity contribution in [3.8, 4) is 0 Å². The molecule has 18 heavy (non-hydrogen) atoms. The molecule has 94 valence electrons. The maximum Gasteiger partial charge on any atom is 0.328 e. The lowest BCUT2D eigenvalue weighted by Crippen LogP contribution is -1.87. The molecule has 0 heterocycles. The van der Waals surface area contributed by atoms with E-state index in [1.165, 1.54) is 17.2 Å². The van der Waals surface area contributed by atoms with E-state index in [-0.39, 0.29) is 0 Å². The van der Waals surface area contributed by atoms with Gasteiger partial charge in [0.1, 0.15) is 0 Å². The minimum atomic E-state index is -0.920. The Kier molecular flexibility index (Phi) is 5.12. The summed E-state index contributed by atoms with van der Waals surface area (Å²) in [6, 6.07) is 8.31. The van der Waals surface area contributed by atoms with E-state index in [4.69, 9.17) is 5.11 Å². The SMILES string of the molecule is C/C(=C/C=C/C(C)=C/C(=O)O)c1ccc(C)cc1. The normalized spacial score (nSPS) is 13.1. The van der Waals surface area contributed by atoms with Crippen molar-refractivity contribution in [1.82, 2.24) is 0 Å². The van der Waals surface area contributed by atoms with Crippen LogP contribution in [0.4, 0.5) is 0 Å². The van der Waals surface area contributed by atoms with Crippen LogP contribution in [0.3, 0.4) is 0 Å². The van der Waals surface area contributed by atoms with E-state index in [0.717, 1.165) is 11.1 Å². The first-order valence-corrected chi connectivity index (χ1v) is 5.82. The molecule has 0 amide bonds. The lowest BCUT2D eigenvalue weighted by molar-refractivity contribution is -0.131. The van der Waals surface area contributed by atoms with Crippen LogP contribution in [0.1, 0.15) is 25.0 Å². The van der Waals surface area contributed by atoms with Crippen LogP contribution in [0, 0.1) is 6.92 Å². The van der Waals surface area contributed by atoms with Gasteiger partial charge in [0.2, 0.25) is 0 Å². The van der Waals surface area contributed by atoms with Gasteiger partial charge in [-0.2, -0.15) is 0 Å². The molecule has 0 aliphatic carbocycles. The zero-order chi connectivity index (χ0) is 13.5. The number of aryl methyl sites for hydroxylation is 1. The number of hydrogen-bond acceptors (Lipinski definition) is 1. The summed E-state index contributed by atoms with van der Waals surface area (Å²) in [4.78, 5) is 10.4. The number of carbonyl (C=O) groups is 1. The molecule has 0 atom stereocenters. The second-order valence-electron chi connectivity index (χ2n) is 4.30. The molecule has 0 fully saturated rings. The Bertz CT molecular complexity index is 502. The van der Waals surface area contributed by atoms with Gasteiger partial charge in [-0.25, -0.2) is 4.79 Å². The van der Waals surface area contributed by atoms with Gasteiger partial charge in [0.15, 0.2) is 0 Å². The van der Waals surface area contributed by atoms with Crippen molar-refractivity contribution in [2.45, 2.75) is 20.8 Å². The molecular weight excluding hydrogens is 224 g/mol. The molecule has 0 spiro atoms. The highest BCUT2D eigenvalue weighted by Gasteiger charge is 1.93. The molecule has 0 radical (unpaired) electrons. The fourth-order valence-corrected chi connectivity index (χ4v) is 1.50. The highest BCUT2D eigenvalue weighted by Crippen LogP contribution is 2.14. The third-order valence-corrected chi connectivity index (χ3v) is 2.56. The van der Waals surface area contributed by atoms with Crippen LogP contribution in [0.15, 0.2) is 54.1 Å². The molecule has 1 rings (SSSR count). The van der Waals surface area contributed by atoms with E-state index >= 15 is 0 Å². The van der Waals surface area contributed by atoms with Crippen molar-refractivity contribution in [3.63, 3.8) is 0 Å². The van der Waals surface area contributed by atoms with Crippen LogP contribution in [0.25, 0.3) is 5.57 Å². The minimum absolute atomic E-state index is 0.718. The van der Waals surface area contributed by atoms with Crippen molar-refractivity contribution in [1.29, 1.82) is 0 Å². The predicted octanol–water partition coefficient (Wildman–Crippen LogP) is 3.99. The standard InChI is InChI=1S/C16H18O2/c1-12-7-9-15(10-8-12)14(3)6-4-5-13(2)11-16(17)18/h4-11H,1-3H3,(H,17,18)/b5-4+,13-11+,14-6-. The van der Waals surface area contributed by atoms with Crippen molar-refractivity contribution in [2.24, 2.45) is 0 Å². The van der Waals surface area contributed by atoms with E-state index in [0.29, 0.717) is 0 Å². The smallest absolute Gasteiger partial charge is 0.328 e. The summed E-state index contributed by atoms with van der Waals surface area (Å²) in [5, 5.41) is 8.57. The predicted molar refractivity (Wildman–Crippen MR) is 75.4 cm³/mol. The van der Waals surface area contributed by atoms with E-state index in [2.05, 4.69) is 31.2 Å². The van der Waals surface area contributed by atoms with Gasteiger partial charge < -0.3 is 5.11 Å². The van der Waals surface area contributed by atoms with Gasteiger partial charge in [-0.15, -0.1) is 0 Å². The highest BCUT2D eigenvalue weighted by atomic mass is 16.4. The molecule has 2 heteroatoms. The average molecular weight is 242 g/mol. The molecular formula is C16H18O2. The van der Waals surface area contributed by atoms with Crippen molar-refractivity contribution < 1.29 is 9.90 Å². The second-order valence-corrected chi connectivity index (χ2v) is 4.30. The number of aliphatic carboxylic acids is 1. The monoisotopic (exact) mass is 242 g/mol. The lowest BCUT2D eigenvalue weighted by atomic mass is 10.1. The van der Waals surface area contributed by atoms with Gasteiger partial charge >= 0.3 is 5.97 Å². The zero-order valence-corrected chi connectivity index (χ0v) is 11.0. The Morgan fingerprint density at radius 1 is 1.17 bits per heavy atom. The Labute approximate surface area is 108 Å². The number of benzene rings is 1. The van der Waals surface area contributed by atoms with Crippen molar-refractivity contribution in [3.05, 3.63) is 65.3 Å². The van der Waals surface area contributed by atoms with Crippen LogP contribution in [-0.2, 0) is 4.79 Å². The number of rotatable bonds is 4. The second kappa shape index (κ2) is 6.60. The average Bonchev–Trinajstić information content (AvgIpc) is 2.28. The fourth-order valence-electron chi connectivity index (χ4n) is 1.50. The molecule has 1 N–H and O–H groups in total. The molecule has 2 nitrogen and oxygen atoms in total. The van der Waals surface area contributed by atoms with Crippen molar-refractivity contribution in [2.75, 3.05) is 0 Å². The zero-order valence-electron chi connectivity index (χ0n) is 11.0. The lowest BCUT2D eigenvalue weighted by Gasteiger charge is -2.00. The Morgan fingerprint density at radius 3 is 2.33 bits per heavy atom. The molecule has 0 aliphatic rings. The first-order valence-electron chi connectivity index (χ1n) is 5.82. The quantitative estimate of drug-likeness (QED) is 0.640. The Morgan fingerprint density at radius 2 is 1.78 bits per heavy atom. The maximum atomic E-state index is 10.4. The fraction of sp³-hybridized carbons (Fsp3) is 0.188. The molecule has 1 aromatic carbocycles. The Balaban J connectivity index is 2.76. The summed E-state index contributed by atoms with van der Waals surface area (Å²) in [6.07, 6.45) is 6.81. The maximum absolute atomic E-state index is 10.4. The van der Waals surface area contributed by atoms with E-state index < -0.39 is 5.97 Å². The number of allylic oxidation sites excluding steroid dienone is 5. The molecule has 0 saturated heterocycles. The summed E-state index contributed by atoms with van der Waals surface area (Å²) in [5.41, 5.74) is 4.28. The third-order valence-electron chi connectivity index (χ3n) is 2.56. The van der Waals surface area contributed by atoms with Gasteiger partial charge in [-0.1, -0.05) is 48.1 Å².